The highest BCUT2D eigenvalue weighted by Gasteiger charge is 2.26. The molecule has 0 aliphatic carbocycles. The van der Waals surface area contributed by atoms with Crippen molar-refractivity contribution >= 4 is 5.91 Å². The fourth-order valence-corrected chi connectivity index (χ4v) is 2.37. The molecule has 1 atom stereocenters. The second-order valence-corrected chi connectivity index (χ2v) is 6.44. The predicted molar refractivity (Wildman–Crippen MR) is 77.7 cm³/mol. The van der Waals surface area contributed by atoms with Gasteiger partial charge in [-0.05, 0) is 26.2 Å². The van der Waals surface area contributed by atoms with Crippen molar-refractivity contribution in [1.29, 1.82) is 0 Å². The zero-order valence-corrected chi connectivity index (χ0v) is 13.3. The van der Waals surface area contributed by atoms with Crippen LogP contribution in [0.25, 0.3) is 0 Å². The Balaban J connectivity index is 2.75. The van der Waals surface area contributed by atoms with E-state index in [1.807, 2.05) is 27.7 Å². The number of amides is 1. The quantitative estimate of drug-likeness (QED) is 0.841. The van der Waals surface area contributed by atoms with Crippen molar-refractivity contribution in [3.63, 3.8) is 0 Å². The Hall–Kier alpha value is -1.36. The van der Waals surface area contributed by atoms with Gasteiger partial charge in [0.15, 0.2) is 5.76 Å². The standard InChI is InChI=1S/C15H26N2O3/c1-9(2)7-15(6,19)8-16-14(18)12-11(5)17-20-13(12)10(3)4/h9-10,19H,7-8H2,1-6H3,(H,16,18). The van der Waals surface area contributed by atoms with Crippen LogP contribution in [0.2, 0.25) is 0 Å². The van der Waals surface area contributed by atoms with Crippen molar-refractivity contribution in [3.05, 3.63) is 17.0 Å². The number of aromatic nitrogens is 1. The number of aryl methyl sites for hydroxylation is 1. The van der Waals surface area contributed by atoms with Crippen molar-refractivity contribution in [1.82, 2.24) is 10.5 Å². The highest BCUT2D eigenvalue weighted by Crippen LogP contribution is 2.22. The molecule has 0 aromatic carbocycles. The highest BCUT2D eigenvalue weighted by molar-refractivity contribution is 5.96. The average Bonchev–Trinajstić information content (AvgIpc) is 2.66. The molecular formula is C15H26N2O3. The highest BCUT2D eigenvalue weighted by atomic mass is 16.5. The molecule has 0 saturated heterocycles. The summed E-state index contributed by atoms with van der Waals surface area (Å²) in [5, 5.41) is 16.9. The molecule has 5 nitrogen and oxygen atoms in total. The van der Waals surface area contributed by atoms with E-state index in [9.17, 15) is 9.90 Å². The molecule has 0 aliphatic heterocycles. The summed E-state index contributed by atoms with van der Waals surface area (Å²) >= 11 is 0. The van der Waals surface area contributed by atoms with E-state index >= 15 is 0 Å². The first-order valence-electron chi connectivity index (χ1n) is 7.11. The van der Waals surface area contributed by atoms with Gasteiger partial charge in [-0.2, -0.15) is 0 Å². The van der Waals surface area contributed by atoms with Gasteiger partial charge in [0.25, 0.3) is 5.91 Å². The Morgan fingerprint density at radius 3 is 2.50 bits per heavy atom. The van der Waals surface area contributed by atoms with Gasteiger partial charge in [0.05, 0.1) is 11.3 Å². The second kappa shape index (κ2) is 6.39. The van der Waals surface area contributed by atoms with Gasteiger partial charge in [0.2, 0.25) is 0 Å². The third-order valence-electron chi connectivity index (χ3n) is 3.12. The van der Waals surface area contributed by atoms with Crippen molar-refractivity contribution < 1.29 is 14.4 Å². The zero-order valence-electron chi connectivity index (χ0n) is 13.3. The van der Waals surface area contributed by atoms with Gasteiger partial charge in [-0.25, -0.2) is 0 Å². The van der Waals surface area contributed by atoms with E-state index in [0.717, 1.165) is 0 Å². The van der Waals surface area contributed by atoms with Crippen LogP contribution in [0, 0.1) is 12.8 Å². The van der Waals surface area contributed by atoms with Gasteiger partial charge in [-0.15, -0.1) is 0 Å². The van der Waals surface area contributed by atoms with E-state index < -0.39 is 5.60 Å². The van der Waals surface area contributed by atoms with Crippen molar-refractivity contribution in [3.8, 4) is 0 Å². The molecule has 0 saturated carbocycles. The first-order chi connectivity index (χ1) is 9.14. The lowest BCUT2D eigenvalue weighted by molar-refractivity contribution is 0.0368. The lowest BCUT2D eigenvalue weighted by atomic mass is 9.94. The molecule has 0 fully saturated rings. The van der Waals surface area contributed by atoms with Crippen LogP contribution in [0.15, 0.2) is 4.52 Å². The van der Waals surface area contributed by atoms with Crippen LogP contribution >= 0.6 is 0 Å². The van der Waals surface area contributed by atoms with Crippen LogP contribution in [0.3, 0.4) is 0 Å². The van der Waals surface area contributed by atoms with E-state index in [1.165, 1.54) is 0 Å². The van der Waals surface area contributed by atoms with E-state index in [4.69, 9.17) is 4.52 Å². The Morgan fingerprint density at radius 2 is 2.00 bits per heavy atom. The first-order valence-corrected chi connectivity index (χ1v) is 7.11. The fraction of sp³-hybridized carbons (Fsp3) is 0.733. The van der Waals surface area contributed by atoms with Gasteiger partial charge in [0, 0.05) is 12.5 Å². The zero-order chi connectivity index (χ0) is 15.5. The normalized spacial score (nSPS) is 14.7. The number of hydrogen-bond donors (Lipinski definition) is 2. The summed E-state index contributed by atoms with van der Waals surface area (Å²) in [4.78, 5) is 12.3. The number of hydrogen-bond acceptors (Lipinski definition) is 4. The molecule has 0 aliphatic rings. The minimum atomic E-state index is -0.910. The fourth-order valence-electron chi connectivity index (χ4n) is 2.37. The van der Waals surface area contributed by atoms with E-state index in [2.05, 4.69) is 10.5 Å². The molecule has 1 heterocycles. The molecular weight excluding hydrogens is 256 g/mol. The van der Waals surface area contributed by atoms with Crippen LogP contribution in [-0.4, -0.2) is 28.3 Å². The third-order valence-corrected chi connectivity index (χ3v) is 3.12. The average molecular weight is 282 g/mol. The molecule has 0 radical (unpaired) electrons. The summed E-state index contributed by atoms with van der Waals surface area (Å²) < 4.78 is 5.20. The van der Waals surface area contributed by atoms with Gasteiger partial charge >= 0.3 is 0 Å². The number of carbonyl (C=O) groups is 1. The Bertz CT molecular complexity index is 462. The maximum absolute atomic E-state index is 12.3. The lowest BCUT2D eigenvalue weighted by Crippen LogP contribution is -2.41. The van der Waals surface area contributed by atoms with E-state index in [0.29, 0.717) is 29.4 Å². The molecule has 5 heteroatoms. The number of aliphatic hydroxyl groups is 1. The topological polar surface area (TPSA) is 75.4 Å². The number of nitrogens with zero attached hydrogens (tertiary/aromatic N) is 1. The maximum atomic E-state index is 12.3. The molecule has 1 aromatic rings. The van der Waals surface area contributed by atoms with Crippen LogP contribution in [0.4, 0.5) is 0 Å². The monoisotopic (exact) mass is 282 g/mol. The SMILES string of the molecule is Cc1noc(C(C)C)c1C(=O)NCC(C)(O)CC(C)C. The Kier molecular flexibility index (Phi) is 5.34. The van der Waals surface area contributed by atoms with Crippen LogP contribution in [0.5, 0.6) is 0 Å². The Labute approximate surface area is 120 Å². The molecule has 2 N–H and O–H groups in total. The first kappa shape index (κ1) is 16.7. The van der Waals surface area contributed by atoms with Gasteiger partial charge < -0.3 is 14.9 Å². The van der Waals surface area contributed by atoms with Crippen LogP contribution < -0.4 is 5.32 Å². The number of carbonyl (C=O) groups excluding carboxylic acids is 1. The summed E-state index contributed by atoms with van der Waals surface area (Å²) in [5.74, 6) is 0.804. The largest absolute Gasteiger partial charge is 0.388 e. The van der Waals surface area contributed by atoms with Crippen molar-refractivity contribution in [2.75, 3.05) is 6.54 Å². The summed E-state index contributed by atoms with van der Waals surface area (Å²) in [6.07, 6.45) is 0.632. The summed E-state index contributed by atoms with van der Waals surface area (Å²) in [6.45, 7) is 11.7. The second-order valence-electron chi connectivity index (χ2n) is 6.44. The molecule has 20 heavy (non-hydrogen) atoms. The van der Waals surface area contributed by atoms with Crippen LogP contribution in [-0.2, 0) is 0 Å². The molecule has 114 valence electrons. The minimum Gasteiger partial charge on any atom is -0.388 e. The molecule has 1 aromatic heterocycles. The molecule has 1 unspecified atom stereocenters. The van der Waals surface area contributed by atoms with Crippen molar-refractivity contribution in [2.45, 2.75) is 59.5 Å². The lowest BCUT2D eigenvalue weighted by Gasteiger charge is -2.25. The van der Waals surface area contributed by atoms with E-state index in [1.54, 1.807) is 13.8 Å². The van der Waals surface area contributed by atoms with Gasteiger partial charge in [0.1, 0.15) is 5.56 Å². The molecule has 1 amide bonds. The molecule has 1 rings (SSSR count). The Morgan fingerprint density at radius 1 is 1.40 bits per heavy atom. The summed E-state index contributed by atoms with van der Waals surface area (Å²) in [5.41, 5.74) is 0.155. The predicted octanol–water partition coefficient (Wildman–Crippen LogP) is 2.63. The number of rotatable bonds is 6. The molecule has 0 bridgehead atoms. The van der Waals surface area contributed by atoms with Gasteiger partial charge in [-0.1, -0.05) is 32.9 Å². The molecule has 0 spiro atoms. The maximum Gasteiger partial charge on any atom is 0.256 e. The minimum absolute atomic E-state index is 0.0909. The summed E-state index contributed by atoms with van der Waals surface area (Å²) in [6, 6.07) is 0. The summed E-state index contributed by atoms with van der Waals surface area (Å²) in [7, 11) is 0. The number of nitrogens with one attached hydrogen (secondary N) is 1. The van der Waals surface area contributed by atoms with Crippen LogP contribution in [0.1, 0.15) is 68.8 Å². The van der Waals surface area contributed by atoms with E-state index in [-0.39, 0.29) is 18.4 Å². The smallest absolute Gasteiger partial charge is 0.256 e. The third kappa shape index (κ3) is 4.34. The van der Waals surface area contributed by atoms with Gasteiger partial charge in [-0.3, -0.25) is 4.79 Å². The van der Waals surface area contributed by atoms with Crippen molar-refractivity contribution in [2.24, 2.45) is 5.92 Å².